The van der Waals surface area contributed by atoms with Gasteiger partial charge < -0.3 is 14.9 Å². The Labute approximate surface area is 286 Å². The summed E-state index contributed by atoms with van der Waals surface area (Å²) in [4.78, 5) is 44.3. The summed E-state index contributed by atoms with van der Waals surface area (Å²) in [5.74, 6) is -0.467. The maximum Gasteiger partial charge on any atom is 0.303 e. The van der Waals surface area contributed by atoms with Crippen molar-refractivity contribution < 1.29 is 19.1 Å². The van der Waals surface area contributed by atoms with Gasteiger partial charge in [-0.15, -0.1) is 0 Å². The van der Waals surface area contributed by atoms with Crippen molar-refractivity contribution in [2.24, 2.45) is 0 Å². The molecule has 0 atom stereocenters. The lowest BCUT2D eigenvalue weighted by atomic mass is 10.0. The summed E-state index contributed by atoms with van der Waals surface area (Å²) in [6, 6.07) is 8.55. The number of rotatable bonds is 16. The Hall–Kier alpha value is -3.69. The van der Waals surface area contributed by atoms with Gasteiger partial charge in [0.1, 0.15) is 27.6 Å². The highest BCUT2D eigenvalue weighted by molar-refractivity contribution is 8.26. The van der Waals surface area contributed by atoms with Crippen molar-refractivity contribution in [3.05, 3.63) is 62.0 Å². The predicted molar refractivity (Wildman–Crippen MR) is 190 cm³/mol. The van der Waals surface area contributed by atoms with E-state index in [1.54, 1.807) is 28.5 Å². The molecule has 2 fully saturated rings. The minimum absolute atomic E-state index is 0.0794. The molecule has 252 valence electrons. The predicted octanol–water partition coefficient (Wildman–Crippen LogP) is 6.70. The van der Waals surface area contributed by atoms with E-state index in [2.05, 4.69) is 15.9 Å². The second-order valence-electron chi connectivity index (χ2n) is 12.1. The number of unbranched alkanes of at least 4 members (excludes halogenated alkanes) is 7. The highest BCUT2D eigenvalue weighted by Gasteiger charge is 2.33. The van der Waals surface area contributed by atoms with E-state index in [9.17, 15) is 24.0 Å². The fraction of sp³-hybridized carbons (Fsp3) is 0.514. The standard InChI is InChI=1S/C35H44FN5O4S2/c1-3-17-40-32(39-21-19-38(20-22-39)27-15-13-26(36)14-16-27)28(25(2)29(24-37)33(40)44)23-30-34(45)41(35(46)47-30)18-11-9-7-5-4-6-8-10-12-31(42)43/h13-16,23H,3-12,17-22H2,1-2H3,(H,42,43)/b30-23-. The fourth-order valence-corrected chi connectivity index (χ4v) is 7.47. The van der Waals surface area contributed by atoms with Crippen LogP contribution in [0.1, 0.15) is 87.8 Å². The number of carboxylic acid groups (broad SMARTS) is 1. The number of carboxylic acids is 1. The smallest absolute Gasteiger partial charge is 0.303 e. The van der Waals surface area contributed by atoms with Gasteiger partial charge in [0.2, 0.25) is 0 Å². The van der Waals surface area contributed by atoms with E-state index in [1.165, 1.54) is 23.9 Å². The molecule has 1 aromatic heterocycles. The summed E-state index contributed by atoms with van der Waals surface area (Å²) >= 11 is 6.88. The van der Waals surface area contributed by atoms with Gasteiger partial charge in [0.05, 0.1) is 4.91 Å². The molecule has 0 unspecified atom stereocenters. The normalized spacial score (nSPS) is 16.0. The molecule has 0 aliphatic carbocycles. The Morgan fingerprint density at radius 1 is 0.979 bits per heavy atom. The lowest BCUT2D eigenvalue weighted by Gasteiger charge is -2.39. The van der Waals surface area contributed by atoms with Crippen LogP contribution in [0.15, 0.2) is 34.0 Å². The second kappa shape index (κ2) is 17.5. The van der Waals surface area contributed by atoms with Crippen LogP contribution in [-0.2, 0) is 16.1 Å². The van der Waals surface area contributed by atoms with E-state index in [-0.39, 0.29) is 29.3 Å². The number of halogens is 1. The van der Waals surface area contributed by atoms with E-state index >= 15 is 0 Å². The van der Waals surface area contributed by atoms with Crippen LogP contribution in [0.25, 0.3) is 6.08 Å². The summed E-state index contributed by atoms with van der Waals surface area (Å²) in [5, 5.41) is 18.7. The van der Waals surface area contributed by atoms with Gasteiger partial charge in [-0.1, -0.05) is 69.4 Å². The highest BCUT2D eigenvalue weighted by Crippen LogP contribution is 2.36. The van der Waals surface area contributed by atoms with Crippen molar-refractivity contribution in [2.75, 3.05) is 42.5 Å². The average Bonchev–Trinajstić information content (AvgIpc) is 3.32. The zero-order valence-corrected chi connectivity index (χ0v) is 28.9. The van der Waals surface area contributed by atoms with Crippen LogP contribution in [0.2, 0.25) is 0 Å². The van der Waals surface area contributed by atoms with Gasteiger partial charge in [-0.2, -0.15) is 5.26 Å². The van der Waals surface area contributed by atoms with Crippen LogP contribution in [-0.4, -0.2) is 63.5 Å². The molecule has 2 aliphatic rings. The largest absolute Gasteiger partial charge is 0.481 e. The van der Waals surface area contributed by atoms with Crippen molar-refractivity contribution >= 4 is 57.8 Å². The number of nitriles is 1. The topological polar surface area (TPSA) is 110 Å². The number of nitrogens with zero attached hydrogens (tertiary/aromatic N) is 5. The minimum atomic E-state index is -0.739. The molecule has 1 N–H and O–H groups in total. The average molecular weight is 682 g/mol. The maximum atomic E-state index is 13.6. The number of aromatic nitrogens is 1. The monoisotopic (exact) mass is 681 g/mol. The first-order valence-electron chi connectivity index (χ1n) is 16.6. The van der Waals surface area contributed by atoms with Gasteiger partial charge in [0, 0.05) is 56.9 Å². The molecule has 4 rings (SSSR count). The number of amides is 1. The number of thioether (sulfide) groups is 1. The molecule has 2 aromatic rings. The number of hydrogen-bond acceptors (Lipinski definition) is 8. The number of pyridine rings is 1. The van der Waals surface area contributed by atoms with Gasteiger partial charge >= 0.3 is 5.97 Å². The molecule has 2 aliphatic heterocycles. The lowest BCUT2D eigenvalue weighted by molar-refractivity contribution is -0.137. The molecule has 0 radical (unpaired) electrons. The first kappa shape index (κ1) is 36.2. The first-order chi connectivity index (χ1) is 22.7. The number of aliphatic carboxylic acids is 1. The maximum absolute atomic E-state index is 13.6. The van der Waals surface area contributed by atoms with E-state index < -0.39 is 5.97 Å². The van der Waals surface area contributed by atoms with Crippen molar-refractivity contribution in [3.63, 3.8) is 0 Å². The van der Waals surface area contributed by atoms with Crippen LogP contribution in [0.4, 0.5) is 15.9 Å². The number of piperazine rings is 1. The van der Waals surface area contributed by atoms with E-state index in [0.717, 1.165) is 57.1 Å². The van der Waals surface area contributed by atoms with E-state index in [4.69, 9.17) is 17.3 Å². The van der Waals surface area contributed by atoms with Gasteiger partial charge in [0.15, 0.2) is 0 Å². The van der Waals surface area contributed by atoms with Crippen molar-refractivity contribution in [1.82, 2.24) is 9.47 Å². The van der Waals surface area contributed by atoms with Gasteiger partial charge in [0.25, 0.3) is 11.5 Å². The zero-order valence-electron chi connectivity index (χ0n) is 27.3. The third-order valence-corrected chi connectivity index (χ3v) is 10.1. The Morgan fingerprint density at radius 3 is 2.17 bits per heavy atom. The van der Waals surface area contributed by atoms with Crippen LogP contribution >= 0.6 is 24.0 Å². The number of carbonyl (C=O) groups excluding carboxylic acids is 1. The molecule has 9 nitrogen and oxygen atoms in total. The van der Waals surface area contributed by atoms with Crippen molar-refractivity contribution in [1.29, 1.82) is 5.26 Å². The Bertz CT molecular complexity index is 1580. The number of benzene rings is 1. The van der Waals surface area contributed by atoms with Crippen molar-refractivity contribution in [2.45, 2.75) is 84.6 Å². The lowest BCUT2D eigenvalue weighted by Crippen LogP contribution is -2.48. The molecule has 1 aromatic carbocycles. The summed E-state index contributed by atoms with van der Waals surface area (Å²) in [7, 11) is 0. The molecule has 3 heterocycles. The molecular formula is C35H44FN5O4S2. The first-order valence-corrected chi connectivity index (χ1v) is 17.8. The molecule has 2 saturated heterocycles. The number of hydrogen-bond donors (Lipinski definition) is 1. The van der Waals surface area contributed by atoms with E-state index in [0.29, 0.717) is 71.9 Å². The molecule has 0 bridgehead atoms. The van der Waals surface area contributed by atoms with Crippen LogP contribution in [0, 0.1) is 24.1 Å². The van der Waals surface area contributed by atoms with E-state index in [1.807, 2.05) is 13.0 Å². The summed E-state index contributed by atoms with van der Waals surface area (Å²) < 4.78 is 15.7. The summed E-state index contributed by atoms with van der Waals surface area (Å²) in [5.41, 5.74) is 1.93. The van der Waals surface area contributed by atoms with Crippen LogP contribution < -0.4 is 15.4 Å². The quantitative estimate of drug-likeness (QED) is 0.118. The number of anilines is 2. The molecule has 0 spiro atoms. The Kier molecular flexibility index (Phi) is 13.4. The molecule has 1 amide bonds. The Balaban J connectivity index is 1.48. The number of thiocarbonyl (C=S) groups is 1. The molecule has 12 heteroatoms. The third kappa shape index (κ3) is 9.23. The minimum Gasteiger partial charge on any atom is -0.481 e. The van der Waals surface area contributed by atoms with Gasteiger partial charge in [-0.25, -0.2) is 4.39 Å². The fourth-order valence-electron chi connectivity index (χ4n) is 6.17. The molecular weight excluding hydrogens is 638 g/mol. The third-order valence-electron chi connectivity index (χ3n) is 8.74. The van der Waals surface area contributed by atoms with Crippen LogP contribution in [0.3, 0.4) is 0 Å². The molecule has 47 heavy (non-hydrogen) atoms. The Morgan fingerprint density at radius 2 is 1.57 bits per heavy atom. The van der Waals surface area contributed by atoms with Crippen molar-refractivity contribution in [3.8, 4) is 6.07 Å². The van der Waals surface area contributed by atoms with Crippen LogP contribution in [0.5, 0.6) is 0 Å². The zero-order chi connectivity index (χ0) is 33.9. The summed E-state index contributed by atoms with van der Waals surface area (Å²) in [6.45, 7) is 7.28. The summed E-state index contributed by atoms with van der Waals surface area (Å²) in [6.07, 6.45) is 10.5. The molecule has 0 saturated carbocycles. The SMILES string of the molecule is CCCn1c(N2CCN(c3ccc(F)cc3)CC2)c(/C=C2\SC(=S)N(CCCCCCCCCCC(=O)O)C2=O)c(C)c(C#N)c1=O. The highest BCUT2D eigenvalue weighted by atomic mass is 32.2. The second-order valence-corrected chi connectivity index (χ2v) is 13.7. The number of carbonyl (C=O) groups is 2. The van der Waals surface area contributed by atoms with Gasteiger partial charge in [-0.05, 0) is 62.1 Å². The van der Waals surface area contributed by atoms with Gasteiger partial charge in [-0.3, -0.25) is 23.9 Å².